The standard InChI is InChI=1S/C18H25BrN2O5S/c1-13-11-20(9-10-21(13)17(23)26-18(2,3)4)16(22)12-27(24,25)15-8-6-5-7-14(15)19/h5-8,13H,9-12H2,1-4H3/t13-/m0/s1. The van der Waals surface area contributed by atoms with Crippen LogP contribution in [0.3, 0.4) is 0 Å². The molecule has 1 fully saturated rings. The quantitative estimate of drug-likeness (QED) is 0.691. The van der Waals surface area contributed by atoms with Gasteiger partial charge < -0.3 is 14.5 Å². The summed E-state index contributed by atoms with van der Waals surface area (Å²) in [6, 6.07) is 6.16. The Hall–Kier alpha value is -1.61. The van der Waals surface area contributed by atoms with Crippen molar-refractivity contribution < 1.29 is 22.7 Å². The molecule has 1 aromatic carbocycles. The molecule has 0 aliphatic carbocycles. The first-order chi connectivity index (χ1) is 12.4. The molecule has 9 heteroatoms. The number of rotatable bonds is 3. The molecule has 27 heavy (non-hydrogen) atoms. The second-order valence-corrected chi connectivity index (χ2v) is 10.4. The Morgan fingerprint density at radius 3 is 2.41 bits per heavy atom. The van der Waals surface area contributed by atoms with E-state index in [-0.39, 0.29) is 24.0 Å². The van der Waals surface area contributed by atoms with E-state index in [9.17, 15) is 18.0 Å². The van der Waals surface area contributed by atoms with Crippen LogP contribution >= 0.6 is 15.9 Å². The normalized spacial score (nSPS) is 18.3. The van der Waals surface area contributed by atoms with Gasteiger partial charge in [-0.05, 0) is 55.8 Å². The van der Waals surface area contributed by atoms with Crippen LogP contribution in [-0.4, -0.2) is 67.2 Å². The number of sulfone groups is 1. The van der Waals surface area contributed by atoms with Gasteiger partial charge in [-0.2, -0.15) is 0 Å². The Kier molecular flexibility index (Phi) is 6.57. The van der Waals surface area contributed by atoms with Crippen LogP contribution in [-0.2, 0) is 19.4 Å². The fraction of sp³-hybridized carbons (Fsp3) is 0.556. The number of halogens is 1. The van der Waals surface area contributed by atoms with Gasteiger partial charge in [-0.3, -0.25) is 4.79 Å². The number of hydrogen-bond acceptors (Lipinski definition) is 5. The highest BCUT2D eigenvalue weighted by Crippen LogP contribution is 2.23. The summed E-state index contributed by atoms with van der Waals surface area (Å²) in [6.45, 7) is 8.03. The first-order valence-electron chi connectivity index (χ1n) is 8.65. The minimum Gasteiger partial charge on any atom is -0.444 e. The fourth-order valence-corrected chi connectivity index (χ4v) is 5.14. The zero-order valence-electron chi connectivity index (χ0n) is 15.9. The van der Waals surface area contributed by atoms with Gasteiger partial charge >= 0.3 is 6.09 Å². The Bertz CT molecular complexity index is 819. The van der Waals surface area contributed by atoms with E-state index < -0.39 is 33.2 Å². The Morgan fingerprint density at radius 2 is 1.85 bits per heavy atom. The molecule has 1 aromatic rings. The first kappa shape index (κ1) is 21.7. The van der Waals surface area contributed by atoms with Crippen LogP contribution in [0.5, 0.6) is 0 Å². The van der Waals surface area contributed by atoms with Crippen molar-refractivity contribution in [3.05, 3.63) is 28.7 Å². The van der Waals surface area contributed by atoms with E-state index in [1.807, 2.05) is 6.92 Å². The summed E-state index contributed by atoms with van der Waals surface area (Å²) in [5.74, 6) is -1.07. The summed E-state index contributed by atoms with van der Waals surface area (Å²) in [5.41, 5.74) is -0.596. The van der Waals surface area contributed by atoms with Crippen molar-refractivity contribution in [2.45, 2.75) is 44.2 Å². The van der Waals surface area contributed by atoms with Gasteiger partial charge in [0, 0.05) is 30.1 Å². The number of carbonyl (C=O) groups excluding carboxylic acids is 2. The molecule has 0 spiro atoms. The predicted octanol–water partition coefficient (Wildman–Crippen LogP) is 2.69. The van der Waals surface area contributed by atoms with Crippen LogP contribution in [0.15, 0.2) is 33.6 Å². The molecule has 0 aromatic heterocycles. The van der Waals surface area contributed by atoms with Crippen molar-refractivity contribution in [2.24, 2.45) is 0 Å². The summed E-state index contributed by atoms with van der Waals surface area (Å²) in [7, 11) is -3.75. The van der Waals surface area contributed by atoms with E-state index in [0.29, 0.717) is 11.0 Å². The van der Waals surface area contributed by atoms with Gasteiger partial charge in [0.1, 0.15) is 11.4 Å². The van der Waals surface area contributed by atoms with Gasteiger partial charge in [-0.25, -0.2) is 13.2 Å². The molecule has 1 aliphatic heterocycles. The minimum absolute atomic E-state index is 0.0961. The van der Waals surface area contributed by atoms with Crippen molar-refractivity contribution in [2.75, 3.05) is 25.4 Å². The molecule has 1 aliphatic rings. The van der Waals surface area contributed by atoms with Gasteiger partial charge in [0.2, 0.25) is 5.91 Å². The number of ether oxygens (including phenoxy) is 1. The number of carbonyl (C=O) groups is 2. The first-order valence-corrected chi connectivity index (χ1v) is 11.1. The molecule has 0 bridgehead atoms. The summed E-state index contributed by atoms with van der Waals surface area (Å²) in [5, 5.41) is 0. The lowest BCUT2D eigenvalue weighted by Crippen LogP contribution is -2.57. The van der Waals surface area contributed by atoms with E-state index in [4.69, 9.17) is 4.74 Å². The number of nitrogens with zero attached hydrogens (tertiary/aromatic N) is 2. The predicted molar refractivity (Wildman–Crippen MR) is 105 cm³/mol. The fourth-order valence-electron chi connectivity index (χ4n) is 2.80. The van der Waals surface area contributed by atoms with Crippen molar-refractivity contribution in [3.8, 4) is 0 Å². The van der Waals surface area contributed by atoms with Gasteiger partial charge in [0.25, 0.3) is 0 Å². The second kappa shape index (κ2) is 8.18. The van der Waals surface area contributed by atoms with Crippen LogP contribution in [0.1, 0.15) is 27.7 Å². The average Bonchev–Trinajstić information content (AvgIpc) is 2.52. The Balaban J connectivity index is 2.02. The SMILES string of the molecule is C[C@H]1CN(C(=O)CS(=O)(=O)c2ccccc2Br)CCN1C(=O)OC(C)(C)C. The van der Waals surface area contributed by atoms with E-state index >= 15 is 0 Å². The molecule has 0 N–H and O–H groups in total. The molecular formula is C18H25BrN2O5S. The Labute approximate surface area is 168 Å². The summed E-state index contributed by atoms with van der Waals surface area (Å²) < 4.78 is 30.9. The van der Waals surface area contributed by atoms with E-state index in [2.05, 4.69) is 15.9 Å². The molecule has 0 saturated carbocycles. The van der Waals surface area contributed by atoms with Crippen LogP contribution in [0, 0.1) is 0 Å². The number of hydrogen-bond donors (Lipinski definition) is 0. The van der Waals surface area contributed by atoms with Gasteiger partial charge in [0.15, 0.2) is 9.84 Å². The summed E-state index contributed by atoms with van der Waals surface area (Å²) in [6.07, 6.45) is -0.428. The lowest BCUT2D eigenvalue weighted by molar-refractivity contribution is -0.131. The largest absolute Gasteiger partial charge is 0.444 e. The van der Waals surface area contributed by atoms with Gasteiger partial charge in [-0.15, -0.1) is 0 Å². The van der Waals surface area contributed by atoms with Gasteiger partial charge in [0.05, 0.1) is 4.90 Å². The molecule has 150 valence electrons. The number of benzene rings is 1. The number of piperazine rings is 1. The van der Waals surface area contributed by atoms with E-state index in [1.54, 1.807) is 43.9 Å². The third kappa shape index (κ3) is 5.68. The molecule has 0 radical (unpaired) electrons. The second-order valence-electron chi connectivity index (χ2n) is 7.55. The topological polar surface area (TPSA) is 84.0 Å². The van der Waals surface area contributed by atoms with Crippen molar-refractivity contribution in [3.63, 3.8) is 0 Å². The molecule has 2 rings (SSSR count). The van der Waals surface area contributed by atoms with Crippen LogP contribution in [0.25, 0.3) is 0 Å². The maximum absolute atomic E-state index is 12.6. The third-order valence-electron chi connectivity index (χ3n) is 4.09. The van der Waals surface area contributed by atoms with Crippen LogP contribution < -0.4 is 0 Å². The molecule has 2 amide bonds. The molecule has 1 heterocycles. The maximum Gasteiger partial charge on any atom is 0.410 e. The highest BCUT2D eigenvalue weighted by molar-refractivity contribution is 9.10. The zero-order chi connectivity index (χ0) is 20.4. The highest BCUT2D eigenvalue weighted by Gasteiger charge is 2.34. The smallest absolute Gasteiger partial charge is 0.410 e. The zero-order valence-corrected chi connectivity index (χ0v) is 18.3. The number of amides is 2. The average molecular weight is 461 g/mol. The summed E-state index contributed by atoms with van der Waals surface area (Å²) in [4.78, 5) is 27.9. The lowest BCUT2D eigenvalue weighted by atomic mass is 10.2. The molecule has 1 saturated heterocycles. The molecule has 1 atom stereocenters. The van der Waals surface area contributed by atoms with Crippen LogP contribution in [0.4, 0.5) is 4.79 Å². The van der Waals surface area contributed by atoms with Crippen molar-refractivity contribution in [1.29, 1.82) is 0 Å². The molecular weight excluding hydrogens is 436 g/mol. The Morgan fingerprint density at radius 1 is 1.22 bits per heavy atom. The third-order valence-corrected chi connectivity index (χ3v) is 6.70. The van der Waals surface area contributed by atoms with E-state index in [1.165, 1.54) is 11.0 Å². The molecule has 0 unspecified atom stereocenters. The van der Waals surface area contributed by atoms with Crippen molar-refractivity contribution >= 4 is 37.8 Å². The molecule has 7 nitrogen and oxygen atoms in total. The minimum atomic E-state index is -3.75. The van der Waals surface area contributed by atoms with E-state index in [0.717, 1.165) is 0 Å². The maximum atomic E-state index is 12.6. The monoisotopic (exact) mass is 460 g/mol. The van der Waals surface area contributed by atoms with Crippen LogP contribution in [0.2, 0.25) is 0 Å². The van der Waals surface area contributed by atoms with Crippen molar-refractivity contribution in [1.82, 2.24) is 9.80 Å². The summed E-state index contributed by atoms with van der Waals surface area (Å²) >= 11 is 3.21. The lowest BCUT2D eigenvalue weighted by Gasteiger charge is -2.40. The van der Waals surface area contributed by atoms with Gasteiger partial charge in [-0.1, -0.05) is 12.1 Å². The highest BCUT2D eigenvalue weighted by atomic mass is 79.9.